The van der Waals surface area contributed by atoms with E-state index in [0.29, 0.717) is 36.6 Å². The molecule has 9 heteroatoms. The van der Waals surface area contributed by atoms with Crippen molar-refractivity contribution < 1.29 is 28.2 Å². The highest BCUT2D eigenvalue weighted by molar-refractivity contribution is 5.94. The summed E-state index contributed by atoms with van der Waals surface area (Å²) < 4.78 is 31.2. The maximum absolute atomic E-state index is 14.5. The number of halogens is 1. The molecule has 1 atom stereocenters. The third-order valence-electron chi connectivity index (χ3n) is 8.77. The van der Waals surface area contributed by atoms with Crippen LogP contribution in [-0.2, 0) is 26.1 Å². The van der Waals surface area contributed by atoms with E-state index in [1.165, 1.54) is 19.2 Å². The van der Waals surface area contributed by atoms with Crippen molar-refractivity contribution >= 4 is 28.7 Å². The Morgan fingerprint density at radius 2 is 1.81 bits per heavy atom. The molecular weight excluding hydrogens is 549 g/mol. The number of nitrogens with two attached hydrogens (primary N) is 1. The molecule has 43 heavy (non-hydrogen) atoms. The zero-order chi connectivity index (χ0) is 30.1. The monoisotopic (exact) mass is 583 g/mol. The van der Waals surface area contributed by atoms with E-state index in [-0.39, 0.29) is 24.5 Å². The van der Waals surface area contributed by atoms with Gasteiger partial charge < -0.3 is 24.8 Å². The van der Waals surface area contributed by atoms with Gasteiger partial charge in [0.2, 0.25) is 0 Å². The molecule has 1 aliphatic heterocycles. The molecule has 1 saturated heterocycles. The predicted octanol–water partition coefficient (Wildman–Crippen LogP) is 6.35. The summed E-state index contributed by atoms with van der Waals surface area (Å²) >= 11 is 0. The molecule has 6 rings (SSSR count). The summed E-state index contributed by atoms with van der Waals surface area (Å²) in [5.41, 5.74) is 10.7. The van der Waals surface area contributed by atoms with E-state index >= 15 is 0 Å². The van der Waals surface area contributed by atoms with Gasteiger partial charge in [-0.2, -0.15) is 0 Å². The molecule has 1 aromatic heterocycles. The van der Waals surface area contributed by atoms with Crippen LogP contribution in [0.4, 0.5) is 15.0 Å². The fraction of sp³-hybridized carbons (Fsp3) is 0.324. The second kappa shape index (κ2) is 11.6. The summed E-state index contributed by atoms with van der Waals surface area (Å²) in [6, 6.07) is 18.7. The van der Waals surface area contributed by atoms with Crippen LogP contribution in [0, 0.1) is 5.82 Å². The zero-order valence-corrected chi connectivity index (χ0v) is 24.3. The highest BCUT2D eigenvalue weighted by atomic mass is 19.1. The van der Waals surface area contributed by atoms with Gasteiger partial charge in [-0.05, 0) is 78.1 Å². The Labute approximate surface area is 249 Å². The number of piperidine rings is 1. The van der Waals surface area contributed by atoms with Gasteiger partial charge in [-0.15, -0.1) is 0 Å². The highest BCUT2D eigenvalue weighted by Crippen LogP contribution is 2.53. The van der Waals surface area contributed by atoms with Crippen LogP contribution in [-0.4, -0.2) is 48.8 Å². The van der Waals surface area contributed by atoms with Crippen molar-refractivity contribution in [3.63, 3.8) is 0 Å². The lowest BCUT2D eigenvalue weighted by Crippen LogP contribution is -2.44. The molecule has 2 heterocycles. The molecule has 2 N–H and O–H groups in total. The Kier molecular flexibility index (Phi) is 7.64. The maximum atomic E-state index is 14.5. The summed E-state index contributed by atoms with van der Waals surface area (Å²) in [6.45, 7) is 3.13. The molecule has 1 amide bonds. The summed E-state index contributed by atoms with van der Waals surface area (Å²) in [7, 11) is 1.40. The average molecular weight is 584 g/mol. The number of carbonyl (C=O) groups is 2. The van der Waals surface area contributed by atoms with E-state index in [9.17, 15) is 14.0 Å². The van der Waals surface area contributed by atoms with Gasteiger partial charge in [-0.1, -0.05) is 30.3 Å². The van der Waals surface area contributed by atoms with Crippen LogP contribution < -0.4 is 10.5 Å². The first-order valence-electron chi connectivity index (χ1n) is 14.5. The molecule has 0 bridgehead atoms. The first kappa shape index (κ1) is 28.5. The SMILES string of the molecule is CCOC(=O)Cc1ccc(F)cc1OC1CC2(CCN(C(=O)OC)CC2)c2ccc(-c3ccc4ccnc(N)c4c3)cc21. The lowest BCUT2D eigenvalue weighted by atomic mass is 9.73. The standard InChI is InChI=1S/C34H34FN3O5/c1-3-42-31(39)18-24-6-8-25(35)19-29(24)43-30-20-34(11-14-38(15-12-34)33(40)41-2)28-9-7-23(17-27(28)30)22-5-4-21-10-13-37-32(36)26(21)16-22/h4-10,13,16-17,19,30H,3,11-12,14-15,18,20H2,1-2H3,(H2,36,37). The highest BCUT2D eigenvalue weighted by Gasteiger charge is 2.47. The molecule has 0 saturated carbocycles. The maximum Gasteiger partial charge on any atom is 0.409 e. The first-order chi connectivity index (χ1) is 20.8. The summed E-state index contributed by atoms with van der Waals surface area (Å²) in [6.07, 6.45) is 3.09. The van der Waals surface area contributed by atoms with Crippen molar-refractivity contribution in [2.24, 2.45) is 0 Å². The number of nitrogens with zero attached hydrogens (tertiary/aromatic N) is 2. The molecule has 3 aromatic carbocycles. The van der Waals surface area contributed by atoms with Gasteiger partial charge in [0.05, 0.1) is 20.1 Å². The van der Waals surface area contributed by atoms with Crippen LogP contribution in [0.5, 0.6) is 5.75 Å². The van der Waals surface area contributed by atoms with Crippen molar-refractivity contribution in [2.75, 3.05) is 32.5 Å². The summed E-state index contributed by atoms with van der Waals surface area (Å²) in [4.78, 5) is 30.5. The molecule has 2 aliphatic rings. The minimum Gasteiger partial charge on any atom is -0.485 e. The van der Waals surface area contributed by atoms with Crippen LogP contribution in [0.2, 0.25) is 0 Å². The van der Waals surface area contributed by atoms with E-state index in [1.807, 2.05) is 18.2 Å². The molecule has 4 aromatic rings. The number of hydrogen-bond donors (Lipinski definition) is 1. The molecule has 1 fully saturated rings. The number of likely N-dealkylation sites (tertiary alicyclic amines) is 1. The largest absolute Gasteiger partial charge is 0.485 e. The molecular formula is C34H34FN3O5. The van der Waals surface area contributed by atoms with Gasteiger partial charge in [-0.3, -0.25) is 4.79 Å². The van der Waals surface area contributed by atoms with Crippen LogP contribution in [0.15, 0.2) is 66.9 Å². The van der Waals surface area contributed by atoms with Crippen LogP contribution in [0.3, 0.4) is 0 Å². The van der Waals surface area contributed by atoms with Crippen molar-refractivity contribution in [3.8, 4) is 16.9 Å². The number of aromatic nitrogens is 1. The normalized spacial score (nSPS) is 17.1. The second-order valence-electron chi connectivity index (χ2n) is 11.2. The molecule has 222 valence electrons. The van der Waals surface area contributed by atoms with Gasteiger partial charge >= 0.3 is 12.1 Å². The number of pyridine rings is 1. The van der Waals surface area contributed by atoms with Gasteiger partial charge in [-0.25, -0.2) is 14.2 Å². The number of anilines is 1. The molecule has 0 radical (unpaired) electrons. The Bertz CT molecular complexity index is 1700. The van der Waals surface area contributed by atoms with Crippen LogP contribution in [0.1, 0.15) is 49.0 Å². The van der Waals surface area contributed by atoms with Gasteiger partial charge in [0, 0.05) is 41.7 Å². The zero-order valence-electron chi connectivity index (χ0n) is 24.3. The van der Waals surface area contributed by atoms with Crippen molar-refractivity contribution in [2.45, 2.75) is 44.1 Å². The molecule has 1 unspecified atom stereocenters. The number of fused-ring (bicyclic) bond motifs is 3. The Morgan fingerprint density at radius 3 is 2.58 bits per heavy atom. The first-order valence-corrected chi connectivity index (χ1v) is 14.5. The second-order valence-corrected chi connectivity index (χ2v) is 11.2. The Hall–Kier alpha value is -4.66. The Balaban J connectivity index is 1.39. The van der Waals surface area contributed by atoms with E-state index < -0.39 is 17.9 Å². The number of ether oxygens (including phenoxy) is 3. The van der Waals surface area contributed by atoms with Crippen molar-refractivity contribution in [3.05, 3.63) is 89.4 Å². The predicted molar refractivity (Wildman–Crippen MR) is 161 cm³/mol. The quantitative estimate of drug-likeness (QED) is 0.264. The smallest absolute Gasteiger partial charge is 0.409 e. The van der Waals surface area contributed by atoms with E-state index in [0.717, 1.165) is 45.9 Å². The number of methoxy groups -OCH3 is 1. The lowest BCUT2D eigenvalue weighted by Gasteiger charge is -2.39. The van der Waals surface area contributed by atoms with Crippen molar-refractivity contribution in [1.29, 1.82) is 0 Å². The van der Waals surface area contributed by atoms with Crippen LogP contribution in [0.25, 0.3) is 21.9 Å². The molecule has 1 aliphatic carbocycles. The minimum absolute atomic E-state index is 0.0190. The number of nitrogen functional groups attached to an aromatic ring is 1. The molecule has 1 spiro atoms. The van der Waals surface area contributed by atoms with E-state index in [1.54, 1.807) is 24.1 Å². The third kappa shape index (κ3) is 5.47. The van der Waals surface area contributed by atoms with Gasteiger partial charge in [0.15, 0.2) is 0 Å². The van der Waals surface area contributed by atoms with Crippen molar-refractivity contribution in [1.82, 2.24) is 9.88 Å². The van der Waals surface area contributed by atoms with E-state index in [4.69, 9.17) is 19.9 Å². The number of esters is 1. The number of benzene rings is 3. The van der Waals surface area contributed by atoms with Gasteiger partial charge in [0.25, 0.3) is 0 Å². The fourth-order valence-electron chi connectivity index (χ4n) is 6.57. The number of carbonyl (C=O) groups excluding carboxylic acids is 2. The third-order valence-corrected chi connectivity index (χ3v) is 8.77. The number of hydrogen-bond acceptors (Lipinski definition) is 7. The lowest BCUT2D eigenvalue weighted by molar-refractivity contribution is -0.142. The van der Waals surface area contributed by atoms with Crippen LogP contribution >= 0.6 is 0 Å². The van der Waals surface area contributed by atoms with E-state index in [2.05, 4.69) is 29.2 Å². The fourth-order valence-corrected chi connectivity index (χ4v) is 6.57. The number of rotatable bonds is 6. The minimum atomic E-state index is -0.446. The average Bonchev–Trinajstić information content (AvgIpc) is 3.30. The topological polar surface area (TPSA) is 104 Å². The Morgan fingerprint density at radius 1 is 1.05 bits per heavy atom. The number of amides is 1. The van der Waals surface area contributed by atoms with Gasteiger partial charge in [0.1, 0.15) is 23.5 Å². The summed E-state index contributed by atoms with van der Waals surface area (Å²) in [5, 5.41) is 1.89. The molecule has 8 nitrogen and oxygen atoms in total. The summed E-state index contributed by atoms with van der Waals surface area (Å²) in [5.74, 6) is -0.0518.